The van der Waals surface area contributed by atoms with E-state index >= 15 is 0 Å². The van der Waals surface area contributed by atoms with Gasteiger partial charge in [0.1, 0.15) is 0 Å². The zero-order valence-electron chi connectivity index (χ0n) is 10.00. The third-order valence-corrected chi connectivity index (χ3v) is 2.11. The lowest BCUT2D eigenvalue weighted by Crippen LogP contribution is -2.18. The highest BCUT2D eigenvalue weighted by atomic mass is 16.2. The Hall–Kier alpha value is -1.41. The van der Waals surface area contributed by atoms with Crippen LogP contribution in [-0.2, 0) is 28.5 Å². The van der Waals surface area contributed by atoms with Crippen molar-refractivity contribution in [2.75, 3.05) is 0 Å². The molecule has 0 unspecified atom stereocenters. The van der Waals surface area contributed by atoms with Crippen molar-refractivity contribution in [3.8, 4) is 0 Å². The number of carbonyl (C=O) groups excluding carboxylic acids is 2. The highest BCUT2D eigenvalue weighted by molar-refractivity contribution is 5.24. The summed E-state index contributed by atoms with van der Waals surface area (Å²) in [5, 5.41) is 4.27. The van der Waals surface area contributed by atoms with Crippen LogP contribution in [0.3, 0.4) is 0 Å². The number of aryl methyl sites for hydroxylation is 2. The molecule has 0 aliphatic heterocycles. The molecule has 0 aliphatic rings. The molecule has 4 heteroatoms. The Labute approximate surface area is 90.3 Å². The molecule has 4 nitrogen and oxygen atoms in total. The van der Waals surface area contributed by atoms with Crippen LogP contribution in [0.4, 0.5) is 0 Å². The van der Waals surface area contributed by atoms with Gasteiger partial charge < -0.3 is 0 Å². The minimum absolute atomic E-state index is 0.205. The topological polar surface area (TPSA) is 52.0 Å². The molecule has 1 aromatic heterocycles. The molecule has 0 amide bonds. The lowest BCUT2D eigenvalue weighted by Gasteiger charge is -2.20. The van der Waals surface area contributed by atoms with Gasteiger partial charge in [-0.15, -0.1) is 0 Å². The Morgan fingerprint density at radius 1 is 1.40 bits per heavy atom. The fraction of sp³-hybridized carbons (Fsp3) is 0.636. The van der Waals surface area contributed by atoms with Gasteiger partial charge >= 0.3 is 6.15 Å². The molecule has 0 saturated heterocycles. The number of hydrogen-bond donors (Lipinski definition) is 0. The van der Waals surface area contributed by atoms with Gasteiger partial charge in [0, 0.05) is 18.2 Å². The van der Waals surface area contributed by atoms with E-state index in [4.69, 9.17) is 9.59 Å². The van der Waals surface area contributed by atoms with Gasteiger partial charge in [0.25, 0.3) is 0 Å². The van der Waals surface area contributed by atoms with Crippen molar-refractivity contribution >= 4 is 6.15 Å². The standard InChI is InChI=1S/C10H18N2.CO2/c1-6-8-7-11-12(5)9(8)10(2,3)4;2-1-3/h7H,6H2,1-5H3;. The Balaban J connectivity index is 0.000000583. The summed E-state index contributed by atoms with van der Waals surface area (Å²) in [6, 6.07) is 0. The number of aromatic nitrogens is 2. The fourth-order valence-electron chi connectivity index (χ4n) is 1.71. The molecule has 0 fully saturated rings. The molecule has 0 bridgehead atoms. The molecule has 0 atom stereocenters. The molecule has 1 rings (SSSR count). The third-order valence-electron chi connectivity index (χ3n) is 2.11. The number of hydrogen-bond acceptors (Lipinski definition) is 3. The van der Waals surface area contributed by atoms with Crippen molar-refractivity contribution in [1.29, 1.82) is 0 Å². The minimum atomic E-state index is 0.205. The van der Waals surface area contributed by atoms with E-state index in [0.29, 0.717) is 0 Å². The van der Waals surface area contributed by atoms with Crippen LogP contribution in [0.5, 0.6) is 0 Å². The van der Waals surface area contributed by atoms with Gasteiger partial charge in [-0.2, -0.15) is 14.7 Å². The average molecular weight is 210 g/mol. The molecule has 0 aromatic carbocycles. The van der Waals surface area contributed by atoms with Gasteiger partial charge in [-0.1, -0.05) is 27.7 Å². The summed E-state index contributed by atoms with van der Waals surface area (Å²) < 4.78 is 1.98. The van der Waals surface area contributed by atoms with E-state index in [2.05, 4.69) is 32.8 Å². The molecule has 0 N–H and O–H groups in total. The molecule has 84 valence electrons. The second-order valence-electron chi connectivity index (χ2n) is 4.33. The van der Waals surface area contributed by atoms with Crippen molar-refractivity contribution < 1.29 is 9.59 Å². The first-order chi connectivity index (χ1) is 6.88. The van der Waals surface area contributed by atoms with Crippen molar-refractivity contribution in [3.63, 3.8) is 0 Å². The van der Waals surface area contributed by atoms with E-state index in [1.165, 1.54) is 11.3 Å². The van der Waals surface area contributed by atoms with Gasteiger partial charge in [-0.05, 0) is 12.0 Å². The highest BCUT2D eigenvalue weighted by Crippen LogP contribution is 2.25. The van der Waals surface area contributed by atoms with E-state index in [1.807, 2.05) is 17.9 Å². The molecule has 0 radical (unpaired) electrons. The largest absolute Gasteiger partial charge is 0.373 e. The van der Waals surface area contributed by atoms with Crippen LogP contribution < -0.4 is 0 Å². The number of rotatable bonds is 1. The summed E-state index contributed by atoms with van der Waals surface area (Å²) in [4.78, 5) is 16.2. The monoisotopic (exact) mass is 210 g/mol. The van der Waals surface area contributed by atoms with Crippen LogP contribution in [0, 0.1) is 0 Å². The lowest BCUT2D eigenvalue weighted by molar-refractivity contribution is -0.191. The summed E-state index contributed by atoms with van der Waals surface area (Å²) >= 11 is 0. The Morgan fingerprint density at radius 2 is 1.87 bits per heavy atom. The molecule has 1 heterocycles. The van der Waals surface area contributed by atoms with Gasteiger partial charge in [0.2, 0.25) is 0 Å². The van der Waals surface area contributed by atoms with Gasteiger partial charge in [0.15, 0.2) is 0 Å². The molecule has 0 saturated carbocycles. The van der Waals surface area contributed by atoms with Crippen LogP contribution in [-0.4, -0.2) is 15.9 Å². The van der Waals surface area contributed by atoms with Crippen molar-refractivity contribution in [1.82, 2.24) is 9.78 Å². The van der Waals surface area contributed by atoms with Crippen LogP contribution >= 0.6 is 0 Å². The van der Waals surface area contributed by atoms with Crippen molar-refractivity contribution in [2.45, 2.75) is 39.5 Å². The summed E-state index contributed by atoms with van der Waals surface area (Å²) in [6.45, 7) is 8.85. The van der Waals surface area contributed by atoms with Crippen LogP contribution in [0.15, 0.2) is 6.20 Å². The van der Waals surface area contributed by atoms with Gasteiger partial charge in [0.05, 0.1) is 6.20 Å². The Morgan fingerprint density at radius 3 is 2.13 bits per heavy atom. The maximum atomic E-state index is 8.12. The van der Waals surface area contributed by atoms with Gasteiger partial charge in [-0.25, -0.2) is 0 Å². The van der Waals surface area contributed by atoms with Crippen LogP contribution in [0.2, 0.25) is 0 Å². The van der Waals surface area contributed by atoms with Crippen LogP contribution in [0.1, 0.15) is 39.0 Å². The predicted molar refractivity (Wildman–Crippen MR) is 56.3 cm³/mol. The normalized spacial score (nSPS) is 10.2. The maximum Gasteiger partial charge on any atom is 0.373 e. The lowest BCUT2D eigenvalue weighted by atomic mass is 9.89. The van der Waals surface area contributed by atoms with Crippen LogP contribution in [0.25, 0.3) is 0 Å². The molecule has 0 spiro atoms. The first-order valence-corrected chi connectivity index (χ1v) is 4.89. The predicted octanol–water partition coefficient (Wildman–Crippen LogP) is 1.70. The van der Waals surface area contributed by atoms with E-state index < -0.39 is 0 Å². The SMILES string of the molecule is CCc1cnn(C)c1C(C)(C)C.O=C=O. The average Bonchev–Trinajstić information content (AvgIpc) is 2.47. The summed E-state index contributed by atoms with van der Waals surface area (Å²) in [5.41, 5.74) is 2.92. The smallest absolute Gasteiger partial charge is 0.272 e. The van der Waals surface area contributed by atoms with Gasteiger partial charge in [-0.3, -0.25) is 4.68 Å². The first kappa shape index (κ1) is 13.6. The minimum Gasteiger partial charge on any atom is -0.272 e. The molecule has 15 heavy (non-hydrogen) atoms. The van der Waals surface area contributed by atoms with E-state index in [-0.39, 0.29) is 11.6 Å². The van der Waals surface area contributed by atoms with E-state index in [1.54, 1.807) is 0 Å². The quantitative estimate of drug-likeness (QED) is 0.708. The summed E-state index contributed by atoms with van der Waals surface area (Å²) in [6.07, 6.45) is 3.29. The van der Waals surface area contributed by atoms with Crippen molar-refractivity contribution in [2.24, 2.45) is 7.05 Å². The third kappa shape index (κ3) is 3.68. The fourth-order valence-corrected chi connectivity index (χ4v) is 1.71. The zero-order valence-corrected chi connectivity index (χ0v) is 10.00. The molecule has 0 aliphatic carbocycles. The van der Waals surface area contributed by atoms with E-state index in [9.17, 15) is 0 Å². The Bertz CT molecular complexity index is 342. The molecular weight excluding hydrogens is 192 g/mol. The van der Waals surface area contributed by atoms with E-state index in [0.717, 1.165) is 6.42 Å². The summed E-state index contributed by atoms with van der Waals surface area (Å²) in [7, 11) is 2.01. The second kappa shape index (κ2) is 5.47. The van der Waals surface area contributed by atoms with Crippen molar-refractivity contribution in [3.05, 3.63) is 17.5 Å². The zero-order chi connectivity index (χ0) is 12.1. The molecular formula is C11H18N2O2. The molecule has 1 aromatic rings. The first-order valence-electron chi connectivity index (χ1n) is 4.89. The summed E-state index contributed by atoms with van der Waals surface area (Å²) in [5.74, 6) is 0. The Kier molecular flexibility index (Phi) is 4.95. The maximum absolute atomic E-state index is 8.12. The number of nitrogens with zero attached hydrogens (tertiary/aromatic N) is 2. The highest BCUT2D eigenvalue weighted by Gasteiger charge is 2.21. The second-order valence-corrected chi connectivity index (χ2v) is 4.33.